The lowest BCUT2D eigenvalue weighted by molar-refractivity contribution is -0.138. The highest BCUT2D eigenvalue weighted by Gasteiger charge is 2.36. The van der Waals surface area contributed by atoms with E-state index in [-0.39, 0.29) is 19.0 Å². The Hall–Kier alpha value is -4.89. The van der Waals surface area contributed by atoms with Gasteiger partial charge in [-0.05, 0) is 36.8 Å². The summed E-state index contributed by atoms with van der Waals surface area (Å²) in [5.74, 6) is 0.644. The second-order valence-electron chi connectivity index (χ2n) is 9.76. The molecule has 2 aliphatic rings. The molecule has 0 amide bonds. The largest absolute Gasteiger partial charge is 0.463 e. The molecular formula is C32H25N3O5S. The number of fused-ring (bicyclic) bond motifs is 3. The number of esters is 1. The van der Waals surface area contributed by atoms with Crippen LogP contribution in [0.2, 0.25) is 0 Å². The van der Waals surface area contributed by atoms with Crippen molar-refractivity contribution in [3.8, 4) is 11.5 Å². The van der Waals surface area contributed by atoms with Crippen LogP contribution in [0.1, 0.15) is 29.7 Å². The molecule has 0 spiro atoms. The van der Waals surface area contributed by atoms with Crippen LogP contribution in [-0.4, -0.2) is 28.5 Å². The van der Waals surface area contributed by atoms with Gasteiger partial charge in [-0.25, -0.2) is 9.79 Å². The third-order valence-corrected chi connectivity index (χ3v) is 8.28. The molecule has 2 aliphatic heterocycles. The first-order chi connectivity index (χ1) is 20.0. The van der Waals surface area contributed by atoms with E-state index >= 15 is 0 Å². The first kappa shape index (κ1) is 25.1. The summed E-state index contributed by atoms with van der Waals surface area (Å²) in [5, 5.41) is 1.05. The molecule has 0 N–H and O–H groups in total. The van der Waals surface area contributed by atoms with Crippen molar-refractivity contribution >= 4 is 40.0 Å². The monoisotopic (exact) mass is 563 g/mol. The third kappa shape index (κ3) is 4.17. The van der Waals surface area contributed by atoms with E-state index in [1.807, 2.05) is 90.6 Å². The van der Waals surface area contributed by atoms with Gasteiger partial charge in [0, 0.05) is 35.3 Å². The van der Waals surface area contributed by atoms with Crippen LogP contribution in [0.3, 0.4) is 0 Å². The van der Waals surface area contributed by atoms with E-state index in [1.165, 1.54) is 11.3 Å². The van der Waals surface area contributed by atoms with Gasteiger partial charge in [0.25, 0.3) is 5.56 Å². The first-order valence-electron chi connectivity index (χ1n) is 13.3. The lowest BCUT2D eigenvalue weighted by Gasteiger charge is -2.26. The summed E-state index contributed by atoms with van der Waals surface area (Å²) >= 11 is 1.30. The molecule has 9 heteroatoms. The number of para-hydroxylation sites is 1. The second kappa shape index (κ2) is 9.94. The van der Waals surface area contributed by atoms with Gasteiger partial charge in [-0.3, -0.25) is 9.36 Å². The van der Waals surface area contributed by atoms with Crippen LogP contribution in [0.15, 0.2) is 94.4 Å². The van der Waals surface area contributed by atoms with E-state index in [2.05, 4.69) is 0 Å². The van der Waals surface area contributed by atoms with Crippen LogP contribution >= 0.6 is 11.3 Å². The zero-order chi connectivity index (χ0) is 28.1. The van der Waals surface area contributed by atoms with Gasteiger partial charge in [-0.2, -0.15) is 0 Å². The van der Waals surface area contributed by atoms with Gasteiger partial charge in [0.1, 0.15) is 0 Å². The van der Waals surface area contributed by atoms with Crippen molar-refractivity contribution in [2.45, 2.75) is 13.0 Å². The highest BCUT2D eigenvalue weighted by atomic mass is 32.1. The average molecular weight is 564 g/mol. The molecule has 3 aromatic carbocycles. The number of ether oxygens (including phenoxy) is 3. The van der Waals surface area contributed by atoms with Gasteiger partial charge in [-0.15, -0.1) is 0 Å². The second-order valence-corrected chi connectivity index (χ2v) is 10.8. The number of thiazole rings is 1. The number of nitrogens with zero attached hydrogens (tertiary/aromatic N) is 3. The maximum atomic E-state index is 14.2. The molecule has 4 heterocycles. The average Bonchev–Trinajstić information content (AvgIpc) is 3.68. The van der Waals surface area contributed by atoms with Crippen molar-refractivity contribution in [1.29, 1.82) is 0 Å². The number of hydrogen-bond donors (Lipinski definition) is 0. The van der Waals surface area contributed by atoms with E-state index in [4.69, 9.17) is 19.2 Å². The SMILES string of the molecule is CCOC(=O)C1=C(c2ccccc2)N=c2s/c(=C/c3cn(C)c4ccccc34)c(=O)n2[C@H]1c1ccc2c(c1)OCO2. The highest BCUT2D eigenvalue weighted by molar-refractivity contribution is 7.07. The predicted molar refractivity (Wildman–Crippen MR) is 157 cm³/mol. The Morgan fingerprint density at radius 1 is 1.07 bits per heavy atom. The fourth-order valence-electron chi connectivity index (χ4n) is 5.47. The Labute approximate surface area is 238 Å². The summed E-state index contributed by atoms with van der Waals surface area (Å²) in [5.41, 5.74) is 3.98. The van der Waals surface area contributed by atoms with Crippen LogP contribution in [0, 0.1) is 0 Å². The van der Waals surface area contributed by atoms with Crippen molar-refractivity contribution in [3.63, 3.8) is 0 Å². The van der Waals surface area contributed by atoms with Gasteiger partial charge in [0.2, 0.25) is 6.79 Å². The Morgan fingerprint density at radius 2 is 1.85 bits per heavy atom. The summed E-state index contributed by atoms with van der Waals surface area (Å²) in [7, 11) is 1.98. The van der Waals surface area contributed by atoms with Gasteiger partial charge in [-0.1, -0.05) is 65.9 Å². The van der Waals surface area contributed by atoms with E-state index in [0.29, 0.717) is 37.7 Å². The van der Waals surface area contributed by atoms with E-state index in [0.717, 1.165) is 22.0 Å². The molecule has 0 saturated carbocycles. The molecule has 0 unspecified atom stereocenters. The topological polar surface area (TPSA) is 84.1 Å². The Balaban J connectivity index is 1.52. The van der Waals surface area contributed by atoms with Crippen LogP contribution in [0.5, 0.6) is 11.5 Å². The zero-order valence-electron chi connectivity index (χ0n) is 22.4. The Morgan fingerprint density at radius 3 is 2.68 bits per heavy atom. The van der Waals surface area contributed by atoms with E-state index < -0.39 is 12.0 Å². The smallest absolute Gasteiger partial charge is 0.338 e. The predicted octanol–water partition coefficient (Wildman–Crippen LogP) is 4.16. The number of aryl methyl sites for hydroxylation is 1. The van der Waals surface area contributed by atoms with E-state index in [9.17, 15) is 9.59 Å². The van der Waals surface area contributed by atoms with E-state index in [1.54, 1.807) is 17.6 Å². The molecular weight excluding hydrogens is 538 g/mol. The number of rotatable bonds is 5. The van der Waals surface area contributed by atoms with Crippen molar-refractivity contribution in [2.24, 2.45) is 12.0 Å². The zero-order valence-corrected chi connectivity index (χ0v) is 23.2. The fraction of sp³-hybridized carbons (Fsp3) is 0.156. The van der Waals surface area contributed by atoms with Crippen molar-refractivity contribution in [3.05, 3.63) is 121 Å². The Bertz CT molecular complexity index is 2050. The molecule has 41 heavy (non-hydrogen) atoms. The molecule has 1 atom stereocenters. The van der Waals surface area contributed by atoms with Crippen LogP contribution in [-0.2, 0) is 16.6 Å². The fourth-order valence-corrected chi connectivity index (χ4v) is 6.46. The maximum absolute atomic E-state index is 14.2. The minimum absolute atomic E-state index is 0.114. The number of benzene rings is 3. The molecule has 8 nitrogen and oxygen atoms in total. The van der Waals surface area contributed by atoms with Gasteiger partial charge in [0.05, 0.1) is 28.5 Å². The number of carbonyl (C=O) groups excluding carboxylic acids is 1. The molecule has 7 rings (SSSR count). The summed E-state index contributed by atoms with van der Waals surface area (Å²) in [6.45, 7) is 2.06. The first-order valence-corrected chi connectivity index (χ1v) is 14.1. The summed E-state index contributed by atoms with van der Waals surface area (Å²) in [6.07, 6.45) is 3.91. The lowest BCUT2D eigenvalue weighted by atomic mass is 9.93. The third-order valence-electron chi connectivity index (χ3n) is 7.30. The van der Waals surface area contributed by atoms with Crippen molar-refractivity contribution in [1.82, 2.24) is 9.13 Å². The standard InChI is InChI=1S/C32H25N3O5S/c1-3-38-31(37)27-28(19-9-5-4-6-10-19)33-32-35(29(27)20-13-14-24-25(15-20)40-18-39-24)30(36)26(41-32)16-21-17-34(2)23-12-8-7-11-22(21)23/h4-17,29H,3,18H2,1-2H3/b26-16+/t29-/m0/s1. The quantitative estimate of drug-likeness (QED) is 0.300. The molecule has 204 valence electrons. The Kier molecular flexibility index (Phi) is 6.09. The molecule has 2 aromatic heterocycles. The minimum atomic E-state index is -0.787. The lowest BCUT2D eigenvalue weighted by Crippen LogP contribution is -2.40. The minimum Gasteiger partial charge on any atom is -0.463 e. The molecule has 0 radical (unpaired) electrons. The molecule has 0 fully saturated rings. The highest BCUT2D eigenvalue weighted by Crippen LogP contribution is 2.40. The normalized spacial score (nSPS) is 16.1. The van der Waals surface area contributed by atoms with Crippen LogP contribution in [0.25, 0.3) is 22.7 Å². The van der Waals surface area contributed by atoms with Gasteiger partial charge < -0.3 is 18.8 Å². The number of hydrogen-bond acceptors (Lipinski definition) is 7. The van der Waals surface area contributed by atoms with Crippen LogP contribution < -0.4 is 24.4 Å². The summed E-state index contributed by atoms with van der Waals surface area (Å²) in [4.78, 5) is 33.3. The molecule has 5 aromatic rings. The van der Waals surface area contributed by atoms with Gasteiger partial charge >= 0.3 is 5.97 Å². The number of carbonyl (C=O) groups is 1. The number of aromatic nitrogens is 2. The summed E-state index contributed by atoms with van der Waals surface area (Å²) < 4.78 is 20.9. The molecule has 0 saturated heterocycles. The van der Waals surface area contributed by atoms with Crippen molar-refractivity contribution < 1.29 is 19.0 Å². The van der Waals surface area contributed by atoms with Crippen LogP contribution in [0.4, 0.5) is 0 Å². The maximum Gasteiger partial charge on any atom is 0.338 e. The summed E-state index contributed by atoms with van der Waals surface area (Å²) in [6, 6.07) is 22.3. The van der Waals surface area contributed by atoms with Crippen molar-refractivity contribution in [2.75, 3.05) is 13.4 Å². The van der Waals surface area contributed by atoms with Gasteiger partial charge in [0.15, 0.2) is 16.3 Å². The molecule has 0 bridgehead atoms. The molecule has 0 aliphatic carbocycles.